The van der Waals surface area contributed by atoms with Gasteiger partial charge in [-0.1, -0.05) is 57.7 Å². The number of benzene rings is 1. The summed E-state index contributed by atoms with van der Waals surface area (Å²) in [4.78, 5) is 53.0. The zero-order chi connectivity index (χ0) is 34.1. The van der Waals surface area contributed by atoms with Crippen molar-refractivity contribution in [3.63, 3.8) is 0 Å². The number of hydrogen-bond donors (Lipinski definition) is 0. The van der Waals surface area contributed by atoms with Crippen LogP contribution >= 0.6 is 0 Å². The fourth-order valence-electron chi connectivity index (χ4n) is 8.39. The third-order valence-corrected chi connectivity index (χ3v) is 10.8. The van der Waals surface area contributed by atoms with Gasteiger partial charge >= 0.3 is 23.9 Å². The molecule has 0 N–H and O–H groups in total. The molecule has 2 bridgehead atoms. The normalized spacial score (nSPS) is 31.1. The minimum atomic E-state index is -0.899. The van der Waals surface area contributed by atoms with Crippen LogP contribution in [0.3, 0.4) is 0 Å². The van der Waals surface area contributed by atoms with Gasteiger partial charge in [-0.2, -0.15) is 0 Å². The molecule has 46 heavy (non-hydrogen) atoms. The van der Waals surface area contributed by atoms with Crippen LogP contribution in [0, 0.1) is 22.7 Å². The Hall–Kier alpha value is -3.46. The molecule has 0 aromatic heterocycles. The van der Waals surface area contributed by atoms with E-state index in [9.17, 15) is 19.2 Å². The molecule has 0 aliphatic heterocycles. The number of esters is 4. The number of carbonyl (C=O) groups is 4. The van der Waals surface area contributed by atoms with Crippen molar-refractivity contribution in [1.82, 2.24) is 4.90 Å². The van der Waals surface area contributed by atoms with Crippen LogP contribution in [-0.2, 0) is 38.1 Å². The molecule has 0 spiro atoms. The summed E-state index contributed by atoms with van der Waals surface area (Å²) in [5, 5.41) is 0. The maximum Gasteiger partial charge on any atom is 0.308 e. The van der Waals surface area contributed by atoms with Crippen LogP contribution in [0.15, 0.2) is 53.6 Å². The Kier molecular flexibility index (Phi) is 10.6. The maximum absolute atomic E-state index is 13.5. The average Bonchev–Trinajstić information content (AvgIpc) is 2.95. The van der Waals surface area contributed by atoms with Gasteiger partial charge in [0.2, 0.25) is 0 Å². The van der Waals surface area contributed by atoms with E-state index < -0.39 is 53.2 Å². The quantitative estimate of drug-likeness (QED) is 0.189. The van der Waals surface area contributed by atoms with Crippen molar-refractivity contribution in [2.24, 2.45) is 22.7 Å². The van der Waals surface area contributed by atoms with E-state index in [-0.39, 0.29) is 30.3 Å². The first kappa shape index (κ1) is 35.4. The van der Waals surface area contributed by atoms with E-state index in [1.54, 1.807) is 0 Å². The average molecular weight is 638 g/mol. The molecule has 3 aliphatic rings. The van der Waals surface area contributed by atoms with Crippen molar-refractivity contribution in [3.8, 4) is 0 Å². The molecule has 0 saturated heterocycles. The maximum atomic E-state index is 13.5. The van der Waals surface area contributed by atoms with Crippen LogP contribution in [0.25, 0.3) is 0 Å². The highest BCUT2D eigenvalue weighted by atomic mass is 16.6. The third-order valence-electron chi connectivity index (χ3n) is 10.8. The predicted molar refractivity (Wildman–Crippen MR) is 173 cm³/mol. The monoisotopic (exact) mass is 637 g/mol. The summed E-state index contributed by atoms with van der Waals surface area (Å²) in [6.07, 6.45) is -0.346. The number of nitrogens with zero attached hydrogens (tertiary/aromatic N) is 1. The van der Waals surface area contributed by atoms with Gasteiger partial charge in [0.25, 0.3) is 0 Å². The summed E-state index contributed by atoms with van der Waals surface area (Å²) in [7, 11) is 3.89. The highest BCUT2D eigenvalue weighted by Crippen LogP contribution is 2.60. The molecule has 1 aromatic carbocycles. The fourth-order valence-corrected chi connectivity index (χ4v) is 8.39. The Bertz CT molecular complexity index is 1380. The van der Waals surface area contributed by atoms with Crippen molar-refractivity contribution < 1.29 is 38.1 Å². The van der Waals surface area contributed by atoms with Gasteiger partial charge in [0.15, 0.2) is 6.10 Å². The Balaban J connectivity index is 1.74. The molecule has 0 heterocycles. The first-order valence-electron chi connectivity index (χ1n) is 16.3. The first-order valence-corrected chi connectivity index (χ1v) is 16.3. The number of ether oxygens (including phenoxy) is 4. The predicted octanol–water partition coefficient (Wildman–Crippen LogP) is 6.13. The van der Waals surface area contributed by atoms with Crippen LogP contribution in [-0.4, -0.2) is 67.3 Å². The lowest BCUT2D eigenvalue weighted by atomic mass is 9.50. The highest BCUT2D eigenvalue weighted by Gasteiger charge is 2.60. The minimum Gasteiger partial charge on any atom is -0.458 e. The summed E-state index contributed by atoms with van der Waals surface area (Å²) in [5.41, 5.74) is 2.25. The van der Waals surface area contributed by atoms with Gasteiger partial charge in [-0.3, -0.25) is 19.2 Å². The van der Waals surface area contributed by atoms with Crippen LogP contribution in [0.1, 0.15) is 92.2 Å². The second-order valence-corrected chi connectivity index (χ2v) is 14.4. The fraction of sp³-hybridized carbons (Fsp3) is 0.622. The van der Waals surface area contributed by atoms with E-state index in [0.717, 1.165) is 22.3 Å². The van der Waals surface area contributed by atoms with Gasteiger partial charge in [-0.25, -0.2) is 0 Å². The molecular weight excluding hydrogens is 586 g/mol. The van der Waals surface area contributed by atoms with Gasteiger partial charge in [-0.15, -0.1) is 0 Å². The van der Waals surface area contributed by atoms with Crippen LogP contribution < -0.4 is 0 Å². The molecule has 2 unspecified atom stereocenters. The second-order valence-electron chi connectivity index (χ2n) is 14.4. The summed E-state index contributed by atoms with van der Waals surface area (Å²) >= 11 is 0. The van der Waals surface area contributed by atoms with Crippen LogP contribution in [0.2, 0.25) is 0 Å². The molecule has 1 aromatic rings. The summed E-state index contributed by atoms with van der Waals surface area (Å²) in [5.74, 6) is -1.95. The van der Waals surface area contributed by atoms with Crippen LogP contribution in [0.5, 0.6) is 0 Å². The van der Waals surface area contributed by atoms with E-state index in [2.05, 4.69) is 27.4 Å². The Morgan fingerprint density at radius 1 is 0.891 bits per heavy atom. The van der Waals surface area contributed by atoms with Gasteiger partial charge in [0.05, 0.1) is 6.42 Å². The highest BCUT2D eigenvalue weighted by molar-refractivity contribution is 5.71. The van der Waals surface area contributed by atoms with Gasteiger partial charge in [0.1, 0.15) is 18.3 Å². The molecule has 9 nitrogen and oxygen atoms in total. The molecule has 4 rings (SSSR count). The zero-order valence-corrected chi connectivity index (χ0v) is 28.9. The standard InChI is InChI=1S/C37H51NO8/c1-21-28-18-27-19-31(43-23(3)39)22(2)33(36(27,6)7)34(44-24(4)40)35(45-25(5)41)37(28,8)17-16-30(21)46-32(42)20-29(38(9)10)26-14-12-11-13-15-26/h11-15,27-31,34-35H,1,16-20H2,2-10H3/t27?,28-,29?,30+,31+,34-,35+,37-/m1/s1. The molecule has 8 atom stereocenters. The SMILES string of the molecule is C=C1[C@@H](OC(=O)CC(c2ccccc2)N(C)C)CC[C@]2(C)[C@@H]1CC1C[C@H](OC(C)=O)C(C)=C([C@@H](OC(C)=O)[C@@H]2OC(C)=O)C1(C)C. The zero-order valence-electron chi connectivity index (χ0n) is 28.9. The summed E-state index contributed by atoms with van der Waals surface area (Å²) < 4.78 is 24.2. The lowest BCUT2D eigenvalue weighted by Gasteiger charge is -2.58. The van der Waals surface area contributed by atoms with Gasteiger partial charge in [0, 0.05) is 32.2 Å². The number of carbonyl (C=O) groups excluding carboxylic acids is 4. The van der Waals surface area contributed by atoms with E-state index in [4.69, 9.17) is 18.9 Å². The second kappa shape index (κ2) is 13.7. The van der Waals surface area contributed by atoms with E-state index in [1.165, 1.54) is 20.8 Å². The van der Waals surface area contributed by atoms with Crippen LogP contribution in [0.4, 0.5) is 0 Å². The summed E-state index contributed by atoms with van der Waals surface area (Å²) in [6, 6.07) is 9.73. The molecular formula is C37H51NO8. The molecule has 9 heteroatoms. The Labute approximate surface area is 273 Å². The van der Waals surface area contributed by atoms with Crippen molar-refractivity contribution in [2.45, 2.75) is 111 Å². The smallest absolute Gasteiger partial charge is 0.308 e. The first-order chi connectivity index (χ1) is 21.5. The van der Waals surface area contributed by atoms with Crippen molar-refractivity contribution in [2.75, 3.05) is 14.1 Å². The Morgan fingerprint density at radius 2 is 1.50 bits per heavy atom. The van der Waals surface area contributed by atoms with E-state index >= 15 is 0 Å². The topological polar surface area (TPSA) is 108 Å². The van der Waals surface area contributed by atoms with E-state index in [0.29, 0.717) is 25.7 Å². The van der Waals surface area contributed by atoms with Crippen molar-refractivity contribution >= 4 is 23.9 Å². The molecule has 2 saturated carbocycles. The Morgan fingerprint density at radius 3 is 2.07 bits per heavy atom. The minimum absolute atomic E-state index is 0.00128. The molecule has 3 aliphatic carbocycles. The molecule has 2 fully saturated rings. The van der Waals surface area contributed by atoms with Crippen molar-refractivity contribution in [3.05, 3.63) is 59.2 Å². The number of rotatable bonds is 8. The third kappa shape index (κ3) is 7.09. The number of hydrogen-bond acceptors (Lipinski definition) is 9. The molecule has 0 radical (unpaired) electrons. The van der Waals surface area contributed by atoms with Gasteiger partial charge in [-0.05, 0) is 86.2 Å². The number of fused-ring (bicyclic) bond motifs is 3. The lowest BCUT2D eigenvalue weighted by Crippen LogP contribution is -2.59. The van der Waals surface area contributed by atoms with E-state index in [1.807, 2.05) is 56.3 Å². The molecule has 252 valence electrons. The van der Waals surface area contributed by atoms with Crippen molar-refractivity contribution in [1.29, 1.82) is 0 Å². The summed E-state index contributed by atoms with van der Waals surface area (Å²) in [6.45, 7) is 16.8. The molecule has 0 amide bonds. The largest absolute Gasteiger partial charge is 0.458 e. The van der Waals surface area contributed by atoms with Gasteiger partial charge < -0.3 is 23.8 Å². The lowest BCUT2D eigenvalue weighted by molar-refractivity contribution is -0.187.